The van der Waals surface area contributed by atoms with Crippen LogP contribution in [0.5, 0.6) is 0 Å². The molecule has 2 rings (SSSR count). The molecule has 1 N–H and O–H groups in total. The molecule has 0 fully saturated rings. The van der Waals surface area contributed by atoms with Gasteiger partial charge < -0.3 is 5.32 Å². The number of nitrogens with zero attached hydrogens (tertiary/aromatic N) is 1. The van der Waals surface area contributed by atoms with Gasteiger partial charge in [-0.15, -0.1) is 0 Å². The summed E-state index contributed by atoms with van der Waals surface area (Å²) in [6.45, 7) is 1.11. The highest BCUT2D eigenvalue weighted by Gasteiger charge is 2.25. The number of fused-ring (bicyclic) bond motifs is 1. The summed E-state index contributed by atoms with van der Waals surface area (Å²) in [6, 6.07) is 7.42. The molecule has 1 aromatic heterocycles. The van der Waals surface area contributed by atoms with Crippen molar-refractivity contribution in [3.8, 4) is 0 Å². The van der Waals surface area contributed by atoms with Gasteiger partial charge in [0.2, 0.25) is 0 Å². The van der Waals surface area contributed by atoms with Crippen LogP contribution in [-0.2, 0) is 6.54 Å². The van der Waals surface area contributed by atoms with Gasteiger partial charge in [-0.05, 0) is 43.1 Å². The molecule has 0 aliphatic heterocycles. The zero-order chi connectivity index (χ0) is 15.3. The van der Waals surface area contributed by atoms with Crippen molar-refractivity contribution in [2.24, 2.45) is 0 Å². The average molecular weight is 317 g/mol. The van der Waals surface area contributed by atoms with E-state index in [0.29, 0.717) is 24.5 Å². The maximum absolute atomic E-state index is 12.0. The molecule has 0 amide bonds. The summed E-state index contributed by atoms with van der Waals surface area (Å²) >= 11 is 6.11. The Morgan fingerprint density at radius 2 is 1.95 bits per heavy atom. The van der Waals surface area contributed by atoms with Crippen LogP contribution in [0.1, 0.15) is 24.8 Å². The van der Waals surface area contributed by atoms with Crippen molar-refractivity contribution < 1.29 is 13.2 Å². The van der Waals surface area contributed by atoms with Crippen molar-refractivity contribution in [1.82, 2.24) is 10.3 Å². The van der Waals surface area contributed by atoms with Gasteiger partial charge in [-0.2, -0.15) is 13.2 Å². The van der Waals surface area contributed by atoms with Gasteiger partial charge in [-0.25, -0.2) is 0 Å². The minimum absolute atomic E-state index is 0.149. The summed E-state index contributed by atoms with van der Waals surface area (Å²) in [5.74, 6) is 0. The van der Waals surface area contributed by atoms with E-state index in [1.807, 2.05) is 24.3 Å². The molecule has 0 saturated carbocycles. The van der Waals surface area contributed by atoms with Crippen molar-refractivity contribution in [1.29, 1.82) is 0 Å². The molecule has 1 heterocycles. The Balaban J connectivity index is 1.86. The minimum atomic E-state index is -4.06. The van der Waals surface area contributed by atoms with Crippen LogP contribution >= 0.6 is 11.6 Å². The maximum atomic E-state index is 12.0. The highest BCUT2D eigenvalue weighted by Crippen LogP contribution is 2.25. The lowest BCUT2D eigenvalue weighted by Gasteiger charge is -2.09. The maximum Gasteiger partial charge on any atom is 0.389 e. The fraction of sp³-hybridized carbons (Fsp3) is 0.400. The van der Waals surface area contributed by atoms with Crippen LogP contribution in [0, 0.1) is 0 Å². The van der Waals surface area contributed by atoms with E-state index < -0.39 is 12.6 Å². The number of benzene rings is 1. The third-order valence-corrected chi connectivity index (χ3v) is 3.51. The number of rotatable bonds is 6. The number of aromatic nitrogens is 1. The standard InChI is InChI=1S/C15H16ClF3N2/c16-13-6-5-11(14-12(13)4-3-9-21-14)10-20-8-2-1-7-15(17,18)19/h3-6,9,20H,1-2,7-8,10H2. The summed E-state index contributed by atoms with van der Waals surface area (Å²) in [4.78, 5) is 4.32. The third-order valence-electron chi connectivity index (χ3n) is 3.18. The SMILES string of the molecule is FC(F)(F)CCCCNCc1ccc(Cl)c2cccnc12. The topological polar surface area (TPSA) is 24.9 Å². The van der Waals surface area contributed by atoms with Gasteiger partial charge in [0.25, 0.3) is 0 Å². The van der Waals surface area contributed by atoms with E-state index in [-0.39, 0.29) is 6.42 Å². The lowest BCUT2D eigenvalue weighted by Crippen LogP contribution is -2.16. The number of unbranched alkanes of at least 4 members (excludes halogenated alkanes) is 1. The summed E-state index contributed by atoms with van der Waals surface area (Å²) in [5.41, 5.74) is 1.82. The van der Waals surface area contributed by atoms with Gasteiger partial charge in [0.15, 0.2) is 0 Å². The van der Waals surface area contributed by atoms with E-state index >= 15 is 0 Å². The highest BCUT2D eigenvalue weighted by molar-refractivity contribution is 6.35. The van der Waals surface area contributed by atoms with Gasteiger partial charge in [0, 0.05) is 29.6 Å². The molecule has 0 unspecified atom stereocenters. The summed E-state index contributed by atoms with van der Waals surface area (Å²) < 4.78 is 36.0. The molecular weight excluding hydrogens is 301 g/mol. The summed E-state index contributed by atoms with van der Waals surface area (Å²) in [6.07, 6.45) is -2.43. The first-order chi connectivity index (χ1) is 9.97. The molecule has 0 saturated heterocycles. The molecule has 0 aliphatic carbocycles. The van der Waals surface area contributed by atoms with Crippen LogP contribution in [0.15, 0.2) is 30.5 Å². The van der Waals surface area contributed by atoms with Crippen LogP contribution in [0.3, 0.4) is 0 Å². The Morgan fingerprint density at radius 1 is 1.14 bits per heavy atom. The van der Waals surface area contributed by atoms with Crippen LogP contribution in [0.4, 0.5) is 13.2 Å². The van der Waals surface area contributed by atoms with E-state index in [9.17, 15) is 13.2 Å². The first-order valence-corrected chi connectivity index (χ1v) is 7.15. The third kappa shape index (κ3) is 4.86. The molecule has 0 bridgehead atoms. The van der Waals surface area contributed by atoms with Crippen molar-refractivity contribution in [3.63, 3.8) is 0 Å². The fourth-order valence-electron chi connectivity index (χ4n) is 2.14. The molecule has 0 aliphatic rings. The van der Waals surface area contributed by atoms with Crippen LogP contribution in [-0.4, -0.2) is 17.7 Å². The normalized spacial score (nSPS) is 12.0. The molecule has 114 valence electrons. The molecule has 0 radical (unpaired) electrons. The van der Waals surface area contributed by atoms with Crippen molar-refractivity contribution in [2.45, 2.75) is 32.0 Å². The van der Waals surface area contributed by atoms with Crippen LogP contribution in [0.2, 0.25) is 5.02 Å². The second-order valence-corrected chi connectivity index (χ2v) is 5.26. The number of pyridine rings is 1. The second kappa shape index (κ2) is 7.09. The Labute approximate surface area is 126 Å². The molecule has 1 aromatic carbocycles. The van der Waals surface area contributed by atoms with Gasteiger partial charge >= 0.3 is 6.18 Å². The quantitative estimate of drug-likeness (QED) is 0.781. The number of hydrogen-bond acceptors (Lipinski definition) is 2. The van der Waals surface area contributed by atoms with Crippen LogP contribution < -0.4 is 5.32 Å². The molecule has 2 nitrogen and oxygen atoms in total. The van der Waals surface area contributed by atoms with Gasteiger partial charge in [0.05, 0.1) is 5.52 Å². The fourth-order valence-corrected chi connectivity index (χ4v) is 2.35. The first kappa shape index (κ1) is 16.0. The zero-order valence-electron chi connectivity index (χ0n) is 11.4. The molecule has 21 heavy (non-hydrogen) atoms. The summed E-state index contributed by atoms with van der Waals surface area (Å²) in [7, 11) is 0. The lowest BCUT2D eigenvalue weighted by atomic mass is 10.1. The first-order valence-electron chi connectivity index (χ1n) is 6.77. The number of nitrogens with one attached hydrogen (secondary N) is 1. The Bertz CT molecular complexity index is 599. The van der Waals surface area contributed by atoms with E-state index in [2.05, 4.69) is 10.3 Å². The predicted octanol–water partition coefficient (Wildman–Crippen LogP) is 4.71. The second-order valence-electron chi connectivity index (χ2n) is 4.86. The monoisotopic (exact) mass is 316 g/mol. The predicted molar refractivity (Wildman–Crippen MR) is 78.4 cm³/mol. The Morgan fingerprint density at radius 3 is 2.71 bits per heavy atom. The molecule has 0 atom stereocenters. The summed E-state index contributed by atoms with van der Waals surface area (Å²) in [5, 5.41) is 4.68. The van der Waals surface area contributed by atoms with E-state index in [4.69, 9.17) is 11.6 Å². The van der Waals surface area contributed by atoms with Gasteiger partial charge in [0.1, 0.15) is 0 Å². The van der Waals surface area contributed by atoms with E-state index in [0.717, 1.165) is 16.5 Å². The molecule has 0 spiro atoms. The Kier molecular flexibility index (Phi) is 5.42. The lowest BCUT2D eigenvalue weighted by molar-refractivity contribution is -0.135. The molecule has 6 heteroatoms. The minimum Gasteiger partial charge on any atom is -0.313 e. The van der Waals surface area contributed by atoms with E-state index in [1.54, 1.807) is 6.20 Å². The van der Waals surface area contributed by atoms with Crippen molar-refractivity contribution in [2.75, 3.05) is 6.54 Å². The molecule has 2 aromatic rings. The smallest absolute Gasteiger partial charge is 0.313 e. The zero-order valence-corrected chi connectivity index (χ0v) is 12.1. The van der Waals surface area contributed by atoms with E-state index in [1.165, 1.54) is 0 Å². The number of halogens is 4. The Hall–Kier alpha value is -1.33. The van der Waals surface area contributed by atoms with Gasteiger partial charge in [-0.3, -0.25) is 4.98 Å². The highest BCUT2D eigenvalue weighted by atomic mass is 35.5. The van der Waals surface area contributed by atoms with Gasteiger partial charge in [-0.1, -0.05) is 17.7 Å². The largest absolute Gasteiger partial charge is 0.389 e. The number of hydrogen-bond donors (Lipinski definition) is 1. The van der Waals surface area contributed by atoms with Crippen LogP contribution in [0.25, 0.3) is 10.9 Å². The number of alkyl halides is 3. The van der Waals surface area contributed by atoms with Crippen molar-refractivity contribution >= 4 is 22.5 Å². The molecular formula is C15H16ClF3N2. The van der Waals surface area contributed by atoms with Crippen molar-refractivity contribution in [3.05, 3.63) is 41.0 Å². The average Bonchev–Trinajstić information content (AvgIpc) is 2.44.